The van der Waals surface area contributed by atoms with Gasteiger partial charge in [0.05, 0.1) is 5.92 Å². The van der Waals surface area contributed by atoms with Crippen molar-refractivity contribution < 1.29 is 9.32 Å². The maximum absolute atomic E-state index is 11.6. The zero-order valence-corrected chi connectivity index (χ0v) is 10.9. The molecule has 2 rings (SSSR count). The molecular weight excluding hydrogens is 232 g/mol. The molecule has 0 radical (unpaired) electrons. The molecule has 0 aromatic carbocycles. The van der Waals surface area contributed by atoms with Crippen LogP contribution in [-0.4, -0.2) is 25.7 Å². The lowest BCUT2D eigenvalue weighted by Crippen LogP contribution is -2.15. The standard InChI is InChI=1S/C12H16N4O2/c1-7(2)10(8(3)17)12-13-11(15-18-12)9-5-6-16(4)14-9/h5-7,10H,1-4H3. The van der Waals surface area contributed by atoms with E-state index in [0.717, 1.165) is 0 Å². The summed E-state index contributed by atoms with van der Waals surface area (Å²) in [6.07, 6.45) is 1.80. The van der Waals surface area contributed by atoms with E-state index < -0.39 is 0 Å². The van der Waals surface area contributed by atoms with Crippen LogP contribution in [0.5, 0.6) is 0 Å². The highest BCUT2D eigenvalue weighted by Gasteiger charge is 2.27. The van der Waals surface area contributed by atoms with Crippen LogP contribution < -0.4 is 0 Å². The molecule has 0 aliphatic heterocycles. The summed E-state index contributed by atoms with van der Waals surface area (Å²) in [6.45, 7) is 5.45. The Bertz CT molecular complexity index is 556. The Hall–Kier alpha value is -1.98. The van der Waals surface area contributed by atoms with E-state index in [0.29, 0.717) is 17.4 Å². The van der Waals surface area contributed by atoms with Crippen LogP contribution in [0.2, 0.25) is 0 Å². The van der Waals surface area contributed by atoms with Crippen LogP contribution in [0.3, 0.4) is 0 Å². The van der Waals surface area contributed by atoms with Gasteiger partial charge in [0.25, 0.3) is 0 Å². The average molecular weight is 248 g/mol. The van der Waals surface area contributed by atoms with E-state index in [9.17, 15) is 4.79 Å². The fourth-order valence-corrected chi connectivity index (χ4v) is 1.93. The van der Waals surface area contributed by atoms with Crippen LogP contribution in [0.15, 0.2) is 16.8 Å². The highest BCUT2D eigenvalue weighted by molar-refractivity contribution is 5.82. The second kappa shape index (κ2) is 4.72. The van der Waals surface area contributed by atoms with Crippen LogP contribution in [0.1, 0.15) is 32.6 Å². The van der Waals surface area contributed by atoms with Gasteiger partial charge in [-0.05, 0) is 18.9 Å². The van der Waals surface area contributed by atoms with Gasteiger partial charge in [-0.2, -0.15) is 10.1 Å². The van der Waals surface area contributed by atoms with E-state index in [1.807, 2.05) is 20.9 Å². The third kappa shape index (κ3) is 2.32. The minimum Gasteiger partial charge on any atom is -0.338 e. The number of carbonyl (C=O) groups excluding carboxylic acids is 1. The number of aromatic nitrogens is 4. The van der Waals surface area contributed by atoms with Gasteiger partial charge in [-0.25, -0.2) is 0 Å². The number of nitrogens with zero attached hydrogens (tertiary/aromatic N) is 4. The van der Waals surface area contributed by atoms with E-state index in [4.69, 9.17) is 4.52 Å². The smallest absolute Gasteiger partial charge is 0.237 e. The quantitative estimate of drug-likeness (QED) is 0.824. The Morgan fingerprint density at radius 3 is 2.67 bits per heavy atom. The van der Waals surface area contributed by atoms with Gasteiger partial charge in [0.15, 0.2) is 0 Å². The molecule has 0 saturated carbocycles. The third-order valence-electron chi connectivity index (χ3n) is 2.76. The highest BCUT2D eigenvalue weighted by Crippen LogP contribution is 2.25. The molecule has 0 N–H and O–H groups in total. The van der Waals surface area contributed by atoms with E-state index in [-0.39, 0.29) is 17.6 Å². The molecule has 0 bridgehead atoms. The lowest BCUT2D eigenvalue weighted by atomic mass is 9.92. The molecule has 0 aliphatic rings. The zero-order valence-electron chi connectivity index (χ0n) is 10.9. The van der Waals surface area contributed by atoms with Crippen molar-refractivity contribution in [3.63, 3.8) is 0 Å². The predicted molar refractivity (Wildman–Crippen MR) is 64.8 cm³/mol. The Morgan fingerprint density at radius 1 is 1.44 bits per heavy atom. The van der Waals surface area contributed by atoms with Crippen molar-refractivity contribution in [1.82, 2.24) is 19.9 Å². The summed E-state index contributed by atoms with van der Waals surface area (Å²) in [7, 11) is 1.82. The lowest BCUT2D eigenvalue weighted by molar-refractivity contribution is -0.119. The Labute approximate surface area is 105 Å². The molecule has 1 unspecified atom stereocenters. The van der Waals surface area contributed by atoms with E-state index >= 15 is 0 Å². The predicted octanol–water partition coefficient (Wildman–Crippen LogP) is 1.80. The topological polar surface area (TPSA) is 73.8 Å². The molecule has 0 spiro atoms. The van der Waals surface area contributed by atoms with Gasteiger partial charge >= 0.3 is 0 Å². The highest BCUT2D eigenvalue weighted by atomic mass is 16.5. The summed E-state index contributed by atoms with van der Waals surface area (Å²) in [6, 6.07) is 1.80. The van der Waals surface area contributed by atoms with Gasteiger partial charge in [0.2, 0.25) is 11.7 Å². The van der Waals surface area contributed by atoms with Crippen LogP contribution in [0, 0.1) is 5.92 Å². The lowest BCUT2D eigenvalue weighted by Gasteiger charge is -2.12. The van der Waals surface area contributed by atoms with Gasteiger partial charge in [-0.3, -0.25) is 9.48 Å². The van der Waals surface area contributed by atoms with Crippen molar-refractivity contribution in [3.8, 4) is 11.5 Å². The van der Waals surface area contributed by atoms with Gasteiger partial charge in [-0.15, -0.1) is 0 Å². The van der Waals surface area contributed by atoms with Crippen molar-refractivity contribution in [2.24, 2.45) is 13.0 Å². The Morgan fingerprint density at radius 2 is 2.17 bits per heavy atom. The maximum Gasteiger partial charge on any atom is 0.237 e. The second-order valence-electron chi connectivity index (χ2n) is 4.66. The maximum atomic E-state index is 11.6. The minimum absolute atomic E-state index is 0.0289. The number of aryl methyl sites for hydroxylation is 1. The summed E-state index contributed by atoms with van der Waals surface area (Å²) < 4.78 is 6.84. The monoisotopic (exact) mass is 248 g/mol. The molecule has 2 aromatic heterocycles. The average Bonchev–Trinajstić information content (AvgIpc) is 2.85. The SMILES string of the molecule is CC(=O)C(c1nc(-c2ccn(C)n2)no1)C(C)C. The van der Waals surface area contributed by atoms with E-state index in [1.54, 1.807) is 16.9 Å². The van der Waals surface area contributed by atoms with Gasteiger partial charge in [0.1, 0.15) is 11.5 Å². The summed E-state index contributed by atoms with van der Waals surface area (Å²) in [5, 5.41) is 8.06. The first-order valence-electron chi connectivity index (χ1n) is 5.83. The molecule has 18 heavy (non-hydrogen) atoms. The first-order valence-corrected chi connectivity index (χ1v) is 5.83. The number of Topliss-reactive ketones (excluding diaryl/α,β-unsaturated/α-hetero) is 1. The normalized spacial score (nSPS) is 12.9. The fraction of sp³-hybridized carbons (Fsp3) is 0.500. The van der Waals surface area contributed by atoms with Crippen molar-refractivity contribution in [2.45, 2.75) is 26.7 Å². The zero-order chi connectivity index (χ0) is 13.3. The van der Waals surface area contributed by atoms with E-state index in [1.165, 1.54) is 6.92 Å². The van der Waals surface area contributed by atoms with Crippen LogP contribution in [0.4, 0.5) is 0 Å². The molecule has 6 nitrogen and oxygen atoms in total. The molecule has 2 aromatic rings. The Balaban J connectivity index is 2.32. The van der Waals surface area contributed by atoms with Crippen molar-refractivity contribution in [3.05, 3.63) is 18.2 Å². The third-order valence-corrected chi connectivity index (χ3v) is 2.76. The van der Waals surface area contributed by atoms with Gasteiger partial charge in [0, 0.05) is 13.2 Å². The second-order valence-corrected chi connectivity index (χ2v) is 4.66. The molecule has 0 aliphatic carbocycles. The van der Waals surface area contributed by atoms with Crippen LogP contribution in [0.25, 0.3) is 11.5 Å². The van der Waals surface area contributed by atoms with Crippen molar-refractivity contribution in [1.29, 1.82) is 0 Å². The van der Waals surface area contributed by atoms with Crippen LogP contribution in [-0.2, 0) is 11.8 Å². The van der Waals surface area contributed by atoms with Gasteiger partial charge in [-0.1, -0.05) is 19.0 Å². The summed E-state index contributed by atoms with van der Waals surface area (Å²) in [4.78, 5) is 15.9. The molecule has 0 saturated heterocycles. The Kier molecular flexibility index (Phi) is 3.27. The first-order chi connectivity index (χ1) is 8.49. The number of carbonyl (C=O) groups is 1. The first kappa shape index (κ1) is 12.5. The molecule has 0 amide bonds. The number of hydrogen-bond donors (Lipinski definition) is 0. The van der Waals surface area contributed by atoms with Gasteiger partial charge < -0.3 is 4.52 Å². The summed E-state index contributed by atoms with van der Waals surface area (Å²) in [5.41, 5.74) is 0.638. The number of hydrogen-bond acceptors (Lipinski definition) is 5. The fourth-order valence-electron chi connectivity index (χ4n) is 1.93. The number of ketones is 1. The molecule has 96 valence electrons. The largest absolute Gasteiger partial charge is 0.338 e. The van der Waals surface area contributed by atoms with E-state index in [2.05, 4.69) is 15.2 Å². The summed E-state index contributed by atoms with van der Waals surface area (Å²) in [5.74, 6) is 0.575. The minimum atomic E-state index is -0.352. The van der Waals surface area contributed by atoms with Crippen molar-refractivity contribution in [2.75, 3.05) is 0 Å². The molecular formula is C12H16N4O2. The van der Waals surface area contributed by atoms with Crippen molar-refractivity contribution >= 4 is 5.78 Å². The van der Waals surface area contributed by atoms with Crippen LogP contribution >= 0.6 is 0 Å². The molecule has 0 fully saturated rings. The number of rotatable bonds is 4. The molecule has 2 heterocycles. The molecule has 6 heteroatoms. The molecule has 1 atom stereocenters. The summed E-state index contributed by atoms with van der Waals surface area (Å²) >= 11 is 0.